The van der Waals surface area contributed by atoms with Gasteiger partial charge in [-0.1, -0.05) is 0 Å². The number of rotatable bonds is 8. The summed E-state index contributed by atoms with van der Waals surface area (Å²) in [6.07, 6.45) is -0.764. The Morgan fingerprint density at radius 3 is 2.33 bits per heavy atom. The smallest absolute Gasteiger partial charge is 0.353 e. The Hall–Kier alpha value is -0.690. The molecule has 5 N–H and O–H groups in total. The van der Waals surface area contributed by atoms with Crippen molar-refractivity contribution in [2.75, 3.05) is 13.2 Å². The molecule has 18 heteroatoms. The van der Waals surface area contributed by atoms with E-state index >= 15 is 0 Å². The van der Waals surface area contributed by atoms with Crippen LogP contribution >= 0.6 is 23.5 Å². The first kappa shape index (κ1) is 22.6. The van der Waals surface area contributed by atoms with Gasteiger partial charge in [-0.25, -0.2) is 18.5 Å². The number of carbonyl (C=O) groups excluding carboxylic acids is 2. The van der Waals surface area contributed by atoms with E-state index in [0.717, 1.165) is 0 Å². The molecule has 0 aliphatic carbocycles. The van der Waals surface area contributed by atoms with Crippen molar-refractivity contribution in [3.8, 4) is 0 Å². The van der Waals surface area contributed by atoms with E-state index in [9.17, 15) is 28.2 Å². The van der Waals surface area contributed by atoms with Crippen LogP contribution in [0.25, 0.3) is 0 Å². The van der Waals surface area contributed by atoms with Gasteiger partial charge in [0.05, 0.1) is 12.7 Å². The highest BCUT2D eigenvalue weighted by molar-refractivity contribution is 7.66. The van der Waals surface area contributed by atoms with Gasteiger partial charge in [-0.3, -0.25) is 19.5 Å². The summed E-state index contributed by atoms with van der Waals surface area (Å²) in [5.74, 6) is -0.418. The van der Waals surface area contributed by atoms with E-state index in [4.69, 9.17) is 19.4 Å². The summed E-state index contributed by atoms with van der Waals surface area (Å²) >= 11 is 0. The van der Waals surface area contributed by atoms with Crippen molar-refractivity contribution in [3.63, 3.8) is 0 Å². The quantitative estimate of drug-likeness (QED) is 0.300. The molecule has 2 heterocycles. The zero-order valence-electron chi connectivity index (χ0n) is 13.4. The third-order valence-corrected chi connectivity index (χ3v) is 7.16. The first-order valence-corrected chi connectivity index (χ1v) is 11.8. The second kappa shape index (κ2) is 8.36. The lowest BCUT2D eigenvalue weighted by Gasteiger charge is -2.31. The predicted octanol–water partition coefficient (Wildman–Crippen LogP) is -0.223. The Labute approximate surface area is 152 Å². The van der Waals surface area contributed by atoms with Crippen LogP contribution < -0.4 is 5.32 Å². The third kappa shape index (κ3) is 7.33. The summed E-state index contributed by atoms with van der Waals surface area (Å²) in [7, 11) is -16.3. The number of hydrogen-bond donors (Lipinski definition) is 5. The van der Waals surface area contributed by atoms with Gasteiger partial charge in [0.2, 0.25) is 5.91 Å². The number of nitrogens with zero attached hydrogens (tertiary/aromatic N) is 1. The second-order valence-corrected chi connectivity index (χ2v) is 9.89. The summed E-state index contributed by atoms with van der Waals surface area (Å²) < 4.78 is 50.5. The highest BCUT2D eigenvalue weighted by Crippen LogP contribution is 2.66. The molecule has 2 fully saturated rings. The summed E-state index contributed by atoms with van der Waals surface area (Å²) in [6, 6.07) is -0.634. The summed E-state index contributed by atoms with van der Waals surface area (Å²) in [5, 5.41) is 2.12. The summed E-state index contributed by atoms with van der Waals surface area (Å²) in [5.41, 5.74) is 0. The molecule has 2 aliphatic heterocycles. The Kier molecular flexibility index (Phi) is 6.99. The molecule has 2 aliphatic rings. The number of amides is 3. The minimum Gasteiger partial charge on any atom is -0.353 e. The van der Waals surface area contributed by atoms with Crippen LogP contribution in [0.5, 0.6) is 0 Å². The Balaban J connectivity index is 1.83. The lowest BCUT2D eigenvalue weighted by Crippen LogP contribution is -2.53. The number of urea groups is 1. The maximum absolute atomic E-state index is 11.7. The van der Waals surface area contributed by atoms with Crippen LogP contribution in [0, 0.1) is 0 Å². The standard InChI is InChI=1S/C9H17N2O13P3/c12-7-3-4-11(9(13)10-7)8-2-1-6(22-8)5-21-26(17,18)24-27(19,20)23-25(14,15)16/h6,8H,1-5H2,(H,17,18)(H,19,20)(H,10,12,13)(H2,14,15,16)/t6-,8+/m0/s1. The van der Waals surface area contributed by atoms with Crippen LogP contribution in [0.15, 0.2) is 0 Å². The highest BCUT2D eigenvalue weighted by atomic mass is 31.3. The van der Waals surface area contributed by atoms with Gasteiger partial charge in [0.25, 0.3) is 0 Å². The molecule has 0 aromatic rings. The molecule has 2 unspecified atom stereocenters. The average Bonchev–Trinajstić information content (AvgIpc) is 2.90. The Bertz CT molecular complexity index is 737. The zero-order chi connectivity index (χ0) is 20.5. The maximum atomic E-state index is 11.7. The molecule has 0 radical (unpaired) electrons. The molecule has 0 bridgehead atoms. The molecule has 2 rings (SSSR count). The molecule has 27 heavy (non-hydrogen) atoms. The SMILES string of the molecule is O=C1CCN([C@H]2CC[C@@H](COP(=O)(O)OP(=O)(O)OP(=O)(O)O)O2)C(=O)N1. The van der Waals surface area contributed by atoms with Crippen molar-refractivity contribution >= 4 is 35.4 Å². The summed E-state index contributed by atoms with van der Waals surface area (Å²) in [4.78, 5) is 59.4. The number of nitrogens with one attached hydrogen (secondary N) is 1. The molecule has 4 atom stereocenters. The monoisotopic (exact) mass is 454 g/mol. The van der Waals surface area contributed by atoms with Crippen molar-refractivity contribution in [3.05, 3.63) is 0 Å². The van der Waals surface area contributed by atoms with E-state index < -0.39 is 54.3 Å². The fourth-order valence-electron chi connectivity index (χ4n) is 2.37. The van der Waals surface area contributed by atoms with Crippen LogP contribution in [0.4, 0.5) is 4.79 Å². The van der Waals surface area contributed by atoms with Crippen molar-refractivity contribution in [1.29, 1.82) is 0 Å². The number of phosphoric acid groups is 3. The molecule has 3 amide bonds. The Morgan fingerprint density at radius 1 is 1.07 bits per heavy atom. The van der Waals surface area contributed by atoms with Crippen LogP contribution in [-0.2, 0) is 36.4 Å². The van der Waals surface area contributed by atoms with E-state index in [1.54, 1.807) is 0 Å². The van der Waals surface area contributed by atoms with Gasteiger partial charge in [0.15, 0.2) is 0 Å². The van der Waals surface area contributed by atoms with Gasteiger partial charge < -0.3 is 24.3 Å². The first-order chi connectivity index (χ1) is 12.3. The van der Waals surface area contributed by atoms with Crippen LogP contribution in [-0.4, -0.2) is 61.9 Å². The van der Waals surface area contributed by atoms with Crippen LogP contribution in [0.1, 0.15) is 19.3 Å². The highest BCUT2D eigenvalue weighted by Gasteiger charge is 2.42. The minimum absolute atomic E-state index is 0.0950. The molecule has 15 nitrogen and oxygen atoms in total. The van der Waals surface area contributed by atoms with Gasteiger partial charge in [0.1, 0.15) is 6.23 Å². The van der Waals surface area contributed by atoms with Crippen molar-refractivity contribution in [1.82, 2.24) is 10.2 Å². The number of ether oxygens (including phenoxy) is 1. The van der Waals surface area contributed by atoms with Crippen LogP contribution in [0.2, 0.25) is 0 Å². The van der Waals surface area contributed by atoms with Gasteiger partial charge in [0, 0.05) is 13.0 Å². The molecule has 0 spiro atoms. The minimum atomic E-state index is -5.58. The lowest BCUT2D eigenvalue weighted by atomic mass is 10.2. The third-order valence-electron chi connectivity index (χ3n) is 3.36. The fourth-order valence-corrected chi connectivity index (χ4v) is 5.42. The van der Waals surface area contributed by atoms with E-state index in [-0.39, 0.29) is 19.4 Å². The van der Waals surface area contributed by atoms with Crippen molar-refractivity contribution < 1.29 is 60.7 Å². The number of phosphoric ester groups is 1. The fraction of sp³-hybridized carbons (Fsp3) is 0.778. The van der Waals surface area contributed by atoms with Gasteiger partial charge in [-0.2, -0.15) is 8.62 Å². The maximum Gasteiger partial charge on any atom is 0.490 e. The largest absolute Gasteiger partial charge is 0.490 e. The molecule has 2 saturated heterocycles. The van der Waals surface area contributed by atoms with Gasteiger partial charge in [-0.15, -0.1) is 0 Å². The van der Waals surface area contributed by atoms with Gasteiger partial charge in [-0.05, 0) is 12.8 Å². The average molecular weight is 454 g/mol. The van der Waals surface area contributed by atoms with E-state index in [1.165, 1.54) is 4.90 Å². The molecule has 0 aromatic carbocycles. The Morgan fingerprint density at radius 2 is 1.74 bits per heavy atom. The van der Waals surface area contributed by atoms with Crippen molar-refractivity contribution in [2.24, 2.45) is 0 Å². The number of carbonyl (C=O) groups is 2. The molecule has 0 aromatic heterocycles. The van der Waals surface area contributed by atoms with E-state index in [1.807, 2.05) is 0 Å². The molecular weight excluding hydrogens is 437 g/mol. The number of hydrogen-bond acceptors (Lipinski definition) is 9. The first-order valence-electron chi connectivity index (χ1n) is 7.31. The zero-order valence-corrected chi connectivity index (χ0v) is 16.1. The summed E-state index contributed by atoms with van der Waals surface area (Å²) in [6.45, 7) is -0.452. The lowest BCUT2D eigenvalue weighted by molar-refractivity contribution is -0.123. The van der Waals surface area contributed by atoms with Gasteiger partial charge >= 0.3 is 29.5 Å². The van der Waals surface area contributed by atoms with Crippen molar-refractivity contribution in [2.45, 2.75) is 31.6 Å². The molecule has 0 saturated carbocycles. The molecule has 156 valence electrons. The van der Waals surface area contributed by atoms with E-state index in [0.29, 0.717) is 6.42 Å². The van der Waals surface area contributed by atoms with E-state index in [2.05, 4.69) is 18.5 Å². The van der Waals surface area contributed by atoms with Crippen LogP contribution in [0.3, 0.4) is 0 Å². The predicted molar refractivity (Wildman–Crippen MR) is 82.6 cm³/mol. The number of imide groups is 1. The second-order valence-electron chi connectivity index (χ2n) is 5.47. The molecular formula is C9H17N2O13P3. The topological polar surface area (TPSA) is 218 Å². The normalized spacial score (nSPS) is 28.5.